The molecule has 0 aromatic heterocycles. The lowest BCUT2D eigenvalue weighted by Gasteiger charge is -2.22. The second-order valence-corrected chi connectivity index (χ2v) is 10.3. The summed E-state index contributed by atoms with van der Waals surface area (Å²) in [5.41, 5.74) is 1.63. The third-order valence-electron chi connectivity index (χ3n) is 5.29. The number of methoxy groups -OCH3 is 2. The fraction of sp³-hybridized carbons (Fsp3) is 0.240. The van der Waals surface area contributed by atoms with E-state index in [2.05, 4.69) is 26.0 Å². The minimum atomic E-state index is -3.93. The third kappa shape index (κ3) is 6.59. The van der Waals surface area contributed by atoms with Crippen molar-refractivity contribution < 1.29 is 22.7 Å². The van der Waals surface area contributed by atoms with Gasteiger partial charge in [0.15, 0.2) is 11.5 Å². The van der Waals surface area contributed by atoms with Gasteiger partial charge in [0.2, 0.25) is 15.9 Å². The van der Waals surface area contributed by atoms with Crippen LogP contribution in [0.3, 0.4) is 0 Å². The van der Waals surface area contributed by atoms with Gasteiger partial charge in [0.05, 0.1) is 25.2 Å². The first-order valence-corrected chi connectivity index (χ1v) is 12.8. The van der Waals surface area contributed by atoms with Gasteiger partial charge in [-0.15, -0.1) is 0 Å². The number of halogens is 1. The smallest absolute Gasteiger partial charge is 0.241 e. The highest BCUT2D eigenvalue weighted by atomic mass is 79.9. The van der Waals surface area contributed by atoms with Crippen molar-refractivity contribution in [3.05, 3.63) is 88.4 Å². The van der Waals surface area contributed by atoms with Crippen molar-refractivity contribution >= 4 is 31.9 Å². The summed E-state index contributed by atoms with van der Waals surface area (Å²) >= 11 is 3.30. The normalized spacial score (nSPS) is 13.1. The molecule has 0 radical (unpaired) electrons. The zero-order chi connectivity index (χ0) is 24.7. The number of carbonyl (C=O) groups is 1. The number of sulfonamides is 1. The van der Waals surface area contributed by atoms with Gasteiger partial charge >= 0.3 is 0 Å². The molecular formula is C25H27BrN2O5S. The molecule has 0 aliphatic heterocycles. The molecule has 2 atom stereocenters. The van der Waals surface area contributed by atoms with Gasteiger partial charge < -0.3 is 14.8 Å². The van der Waals surface area contributed by atoms with E-state index in [1.807, 2.05) is 43.3 Å². The van der Waals surface area contributed by atoms with Crippen LogP contribution >= 0.6 is 15.9 Å². The van der Waals surface area contributed by atoms with E-state index >= 15 is 0 Å². The molecular weight excluding hydrogens is 520 g/mol. The fourth-order valence-corrected chi connectivity index (χ4v) is 4.89. The molecule has 0 saturated carbocycles. The van der Waals surface area contributed by atoms with Crippen LogP contribution in [0.4, 0.5) is 0 Å². The number of amides is 1. The second kappa shape index (κ2) is 11.5. The Bertz CT molecular complexity index is 1220. The van der Waals surface area contributed by atoms with Crippen LogP contribution in [0, 0.1) is 0 Å². The Morgan fingerprint density at radius 1 is 0.941 bits per heavy atom. The van der Waals surface area contributed by atoms with Gasteiger partial charge in [-0.3, -0.25) is 4.79 Å². The van der Waals surface area contributed by atoms with E-state index in [4.69, 9.17) is 9.47 Å². The standard InChI is InChI=1S/C25H27BrN2O5S/c1-17(19-9-14-23(32-2)24(16-19)33-3)27-25(29)22(15-18-7-5-4-6-8-18)28-34(30,31)21-12-10-20(26)11-13-21/h4-14,16-17,22,28H,15H2,1-3H3,(H,27,29)/t17-,22-/m1/s1. The Balaban J connectivity index is 1.83. The number of rotatable bonds is 10. The SMILES string of the molecule is COc1ccc([C@@H](C)NC(=O)[C@@H](Cc2ccccc2)NS(=O)(=O)c2ccc(Br)cc2)cc1OC. The molecule has 3 rings (SSSR count). The van der Waals surface area contributed by atoms with E-state index in [1.165, 1.54) is 19.2 Å². The minimum Gasteiger partial charge on any atom is -0.493 e. The highest BCUT2D eigenvalue weighted by Gasteiger charge is 2.27. The predicted molar refractivity (Wildman–Crippen MR) is 135 cm³/mol. The molecule has 34 heavy (non-hydrogen) atoms. The summed E-state index contributed by atoms with van der Waals surface area (Å²) in [6.07, 6.45) is 0.196. The largest absolute Gasteiger partial charge is 0.493 e. The number of carbonyl (C=O) groups excluding carboxylic acids is 1. The van der Waals surface area contributed by atoms with Crippen LogP contribution in [-0.2, 0) is 21.2 Å². The van der Waals surface area contributed by atoms with Gasteiger partial charge in [0.25, 0.3) is 0 Å². The Hall–Kier alpha value is -2.88. The average Bonchev–Trinajstić information content (AvgIpc) is 2.83. The maximum Gasteiger partial charge on any atom is 0.241 e. The van der Waals surface area contributed by atoms with Crippen LogP contribution in [0.25, 0.3) is 0 Å². The maximum absolute atomic E-state index is 13.3. The highest BCUT2D eigenvalue weighted by molar-refractivity contribution is 9.10. The molecule has 0 aliphatic carbocycles. The van der Waals surface area contributed by atoms with Gasteiger partial charge in [-0.2, -0.15) is 4.72 Å². The van der Waals surface area contributed by atoms with Crippen LogP contribution in [-0.4, -0.2) is 34.6 Å². The molecule has 0 unspecified atom stereocenters. The van der Waals surface area contributed by atoms with Crippen molar-refractivity contribution in [3.63, 3.8) is 0 Å². The van der Waals surface area contributed by atoms with Crippen molar-refractivity contribution in [1.82, 2.24) is 10.0 Å². The van der Waals surface area contributed by atoms with Crippen LogP contribution < -0.4 is 19.5 Å². The van der Waals surface area contributed by atoms with Crippen molar-refractivity contribution in [2.24, 2.45) is 0 Å². The molecule has 3 aromatic rings. The van der Waals surface area contributed by atoms with Gasteiger partial charge in [0, 0.05) is 4.47 Å². The number of nitrogens with one attached hydrogen (secondary N) is 2. The van der Waals surface area contributed by atoms with Crippen molar-refractivity contribution in [3.8, 4) is 11.5 Å². The average molecular weight is 547 g/mol. The van der Waals surface area contributed by atoms with Crippen LogP contribution in [0.2, 0.25) is 0 Å². The van der Waals surface area contributed by atoms with Gasteiger partial charge in [-0.05, 0) is 60.9 Å². The van der Waals surface area contributed by atoms with E-state index in [1.54, 1.807) is 31.4 Å². The summed E-state index contributed by atoms with van der Waals surface area (Å²) in [6, 6.07) is 19.5. The summed E-state index contributed by atoms with van der Waals surface area (Å²) in [4.78, 5) is 13.3. The molecule has 1 amide bonds. The summed E-state index contributed by atoms with van der Waals surface area (Å²) in [6.45, 7) is 1.82. The lowest BCUT2D eigenvalue weighted by atomic mass is 10.0. The van der Waals surface area contributed by atoms with E-state index in [0.29, 0.717) is 11.5 Å². The monoisotopic (exact) mass is 546 g/mol. The summed E-state index contributed by atoms with van der Waals surface area (Å²) in [5, 5.41) is 2.92. The molecule has 0 heterocycles. The van der Waals surface area contributed by atoms with Gasteiger partial charge in [-0.25, -0.2) is 8.42 Å². The first kappa shape index (κ1) is 25.7. The van der Waals surface area contributed by atoms with Gasteiger partial charge in [0.1, 0.15) is 6.04 Å². The third-order valence-corrected chi connectivity index (χ3v) is 7.30. The number of benzene rings is 3. The quantitative estimate of drug-likeness (QED) is 0.396. The van der Waals surface area contributed by atoms with Crippen LogP contribution in [0.15, 0.2) is 82.2 Å². The zero-order valence-corrected chi connectivity index (χ0v) is 21.5. The van der Waals surface area contributed by atoms with Crippen molar-refractivity contribution in [1.29, 1.82) is 0 Å². The Kier molecular flexibility index (Phi) is 8.71. The lowest BCUT2D eigenvalue weighted by Crippen LogP contribution is -2.48. The molecule has 0 saturated heterocycles. The summed E-state index contributed by atoms with van der Waals surface area (Å²) < 4.78 is 40.0. The first-order valence-electron chi connectivity index (χ1n) is 10.6. The highest BCUT2D eigenvalue weighted by Crippen LogP contribution is 2.30. The number of hydrogen-bond donors (Lipinski definition) is 2. The molecule has 0 aliphatic rings. The second-order valence-electron chi connectivity index (χ2n) is 7.66. The molecule has 9 heteroatoms. The molecule has 180 valence electrons. The molecule has 2 N–H and O–H groups in total. The van der Waals surface area contributed by atoms with Crippen molar-refractivity contribution in [2.75, 3.05) is 14.2 Å². The predicted octanol–water partition coefficient (Wildman–Crippen LogP) is 4.23. The van der Waals surface area contributed by atoms with E-state index < -0.39 is 28.0 Å². The fourth-order valence-electron chi connectivity index (χ4n) is 3.43. The van der Waals surface area contributed by atoms with Crippen molar-refractivity contribution in [2.45, 2.75) is 30.3 Å². The topological polar surface area (TPSA) is 93.7 Å². The van der Waals surface area contributed by atoms with Gasteiger partial charge in [-0.1, -0.05) is 52.3 Å². The first-order chi connectivity index (χ1) is 16.2. The Labute approximate surface area is 208 Å². The maximum atomic E-state index is 13.3. The summed E-state index contributed by atoms with van der Waals surface area (Å²) in [5.74, 6) is 0.679. The Morgan fingerprint density at radius 2 is 1.59 bits per heavy atom. The number of hydrogen-bond acceptors (Lipinski definition) is 5. The zero-order valence-electron chi connectivity index (χ0n) is 19.1. The van der Waals surface area contributed by atoms with E-state index in [-0.39, 0.29) is 11.3 Å². The van der Waals surface area contributed by atoms with E-state index in [9.17, 15) is 13.2 Å². The number of ether oxygens (including phenoxy) is 2. The van der Waals surface area contributed by atoms with Crippen LogP contribution in [0.5, 0.6) is 11.5 Å². The van der Waals surface area contributed by atoms with E-state index in [0.717, 1.165) is 15.6 Å². The molecule has 0 spiro atoms. The molecule has 7 nitrogen and oxygen atoms in total. The molecule has 3 aromatic carbocycles. The minimum absolute atomic E-state index is 0.0782. The molecule has 0 bridgehead atoms. The molecule has 0 fully saturated rings. The Morgan fingerprint density at radius 3 is 2.21 bits per heavy atom. The lowest BCUT2D eigenvalue weighted by molar-refractivity contribution is -0.123. The van der Waals surface area contributed by atoms with Crippen LogP contribution in [0.1, 0.15) is 24.1 Å². The summed E-state index contributed by atoms with van der Waals surface area (Å²) in [7, 11) is -0.840.